The Balaban J connectivity index is 2.57. The van der Waals surface area contributed by atoms with E-state index in [0.29, 0.717) is 4.88 Å². The van der Waals surface area contributed by atoms with Crippen LogP contribution >= 0.6 is 11.3 Å². The van der Waals surface area contributed by atoms with E-state index in [1.807, 2.05) is 6.92 Å². The molecule has 15 heavy (non-hydrogen) atoms. The summed E-state index contributed by atoms with van der Waals surface area (Å²) in [5.41, 5.74) is 7.98. The minimum absolute atomic E-state index is 0.0620. The zero-order chi connectivity index (χ0) is 11.0. The van der Waals surface area contributed by atoms with Crippen LogP contribution in [0.2, 0.25) is 0 Å². The molecule has 1 unspecified atom stereocenters. The van der Waals surface area contributed by atoms with E-state index in [1.54, 1.807) is 0 Å². The van der Waals surface area contributed by atoms with Gasteiger partial charge in [0.1, 0.15) is 4.88 Å². The molecule has 0 saturated heterocycles. The fourth-order valence-electron chi connectivity index (χ4n) is 2.06. The Morgan fingerprint density at radius 2 is 2.47 bits per heavy atom. The van der Waals surface area contributed by atoms with Gasteiger partial charge in [-0.1, -0.05) is 6.92 Å². The number of carboxylic acids is 1. The molecule has 0 bridgehead atoms. The fraction of sp³-hybridized carbons (Fsp3) is 0.500. The first-order valence-corrected chi connectivity index (χ1v) is 5.80. The lowest BCUT2D eigenvalue weighted by molar-refractivity contribution is 0.0701. The molecular weight excluding hydrogens is 212 g/mol. The number of rotatable bonds is 2. The third-order valence-electron chi connectivity index (χ3n) is 2.69. The smallest absolute Gasteiger partial charge is 0.346 e. The van der Waals surface area contributed by atoms with Gasteiger partial charge in [-0.25, -0.2) is 4.79 Å². The molecule has 1 aromatic heterocycles. The number of hydrogen-bond donors (Lipinski definition) is 3. The molecule has 0 aliphatic carbocycles. The van der Waals surface area contributed by atoms with E-state index in [2.05, 4.69) is 5.32 Å². The van der Waals surface area contributed by atoms with Crippen molar-refractivity contribution in [3.05, 3.63) is 20.9 Å². The highest BCUT2D eigenvalue weighted by molar-refractivity contribution is 7.14. The average molecular weight is 226 g/mol. The van der Waals surface area contributed by atoms with Crippen molar-refractivity contribution in [2.45, 2.75) is 25.9 Å². The summed E-state index contributed by atoms with van der Waals surface area (Å²) in [7, 11) is 0. The Morgan fingerprint density at radius 3 is 3.07 bits per heavy atom. The van der Waals surface area contributed by atoms with Crippen molar-refractivity contribution in [2.75, 3.05) is 6.54 Å². The maximum absolute atomic E-state index is 11.1. The van der Waals surface area contributed by atoms with E-state index in [-0.39, 0.29) is 6.04 Å². The second-order valence-electron chi connectivity index (χ2n) is 3.64. The Morgan fingerprint density at radius 1 is 1.73 bits per heavy atom. The van der Waals surface area contributed by atoms with Gasteiger partial charge < -0.3 is 16.2 Å². The predicted molar refractivity (Wildman–Crippen MR) is 59.3 cm³/mol. The molecule has 0 aromatic carbocycles. The van der Waals surface area contributed by atoms with Crippen LogP contribution in [0.1, 0.15) is 38.6 Å². The van der Waals surface area contributed by atoms with Crippen LogP contribution in [0.5, 0.6) is 0 Å². The molecular formula is C10H14N2O2S. The molecule has 0 radical (unpaired) electrons. The molecule has 0 fully saturated rings. The Labute approximate surface area is 92.1 Å². The number of nitrogens with one attached hydrogen (secondary N) is 1. The standard InChI is InChI=1S/C10H14N2O2S/c1-2-5-8-6(11)3-12-4-7(8)15-9(5)10(13)14/h6,12H,2-4,11H2,1H3,(H,13,14). The molecule has 0 spiro atoms. The highest BCUT2D eigenvalue weighted by Gasteiger charge is 2.26. The number of carboxylic acid groups (broad SMARTS) is 1. The Hall–Kier alpha value is -0.910. The van der Waals surface area contributed by atoms with Gasteiger partial charge in [0, 0.05) is 24.0 Å². The van der Waals surface area contributed by atoms with E-state index in [4.69, 9.17) is 10.8 Å². The van der Waals surface area contributed by atoms with E-state index in [0.717, 1.165) is 35.5 Å². The summed E-state index contributed by atoms with van der Waals surface area (Å²) < 4.78 is 0. The van der Waals surface area contributed by atoms with Gasteiger partial charge in [0.2, 0.25) is 0 Å². The summed E-state index contributed by atoms with van der Waals surface area (Å²) in [6.07, 6.45) is 0.737. The topological polar surface area (TPSA) is 75.3 Å². The van der Waals surface area contributed by atoms with Gasteiger partial charge in [0.15, 0.2) is 0 Å². The molecule has 2 heterocycles. The molecule has 4 N–H and O–H groups in total. The molecule has 1 atom stereocenters. The maximum atomic E-state index is 11.1. The molecule has 82 valence electrons. The van der Waals surface area contributed by atoms with Crippen LogP contribution < -0.4 is 11.1 Å². The van der Waals surface area contributed by atoms with Gasteiger partial charge in [0.05, 0.1) is 0 Å². The molecule has 0 amide bonds. The third-order valence-corrected chi connectivity index (χ3v) is 3.93. The van der Waals surface area contributed by atoms with E-state index in [9.17, 15) is 4.79 Å². The van der Waals surface area contributed by atoms with Gasteiger partial charge in [-0.2, -0.15) is 0 Å². The normalized spacial score (nSPS) is 20.0. The average Bonchev–Trinajstić information content (AvgIpc) is 2.57. The zero-order valence-electron chi connectivity index (χ0n) is 8.54. The predicted octanol–water partition coefficient (Wildman–Crippen LogP) is 1.11. The molecule has 1 aliphatic heterocycles. The van der Waals surface area contributed by atoms with Crippen LogP contribution in [-0.2, 0) is 13.0 Å². The Kier molecular flexibility index (Phi) is 2.77. The number of fused-ring (bicyclic) bond motifs is 1. The molecule has 1 aromatic rings. The first kappa shape index (κ1) is 10.6. The van der Waals surface area contributed by atoms with Crippen LogP contribution in [0, 0.1) is 0 Å². The number of aromatic carboxylic acids is 1. The summed E-state index contributed by atoms with van der Waals surface area (Å²) in [5, 5.41) is 12.3. The third kappa shape index (κ3) is 1.67. The maximum Gasteiger partial charge on any atom is 0.346 e. The second kappa shape index (κ2) is 3.92. The summed E-state index contributed by atoms with van der Waals surface area (Å²) in [4.78, 5) is 12.6. The van der Waals surface area contributed by atoms with Crippen molar-refractivity contribution in [3.8, 4) is 0 Å². The van der Waals surface area contributed by atoms with E-state index >= 15 is 0 Å². The summed E-state index contributed by atoms with van der Waals surface area (Å²) in [6.45, 7) is 3.45. The lowest BCUT2D eigenvalue weighted by Gasteiger charge is -2.21. The number of carbonyl (C=O) groups is 1. The van der Waals surface area contributed by atoms with E-state index in [1.165, 1.54) is 11.3 Å². The molecule has 0 saturated carbocycles. The van der Waals surface area contributed by atoms with Crippen LogP contribution in [0.3, 0.4) is 0 Å². The minimum Gasteiger partial charge on any atom is -0.477 e. The fourth-order valence-corrected chi connectivity index (χ4v) is 3.33. The van der Waals surface area contributed by atoms with Crippen molar-refractivity contribution < 1.29 is 9.90 Å². The highest BCUT2D eigenvalue weighted by atomic mass is 32.1. The van der Waals surface area contributed by atoms with Gasteiger partial charge in [-0.05, 0) is 17.5 Å². The first-order valence-electron chi connectivity index (χ1n) is 4.99. The molecule has 1 aliphatic rings. The van der Waals surface area contributed by atoms with Gasteiger partial charge in [-0.15, -0.1) is 11.3 Å². The van der Waals surface area contributed by atoms with Gasteiger partial charge >= 0.3 is 5.97 Å². The van der Waals surface area contributed by atoms with Crippen molar-refractivity contribution in [2.24, 2.45) is 5.73 Å². The SMILES string of the molecule is CCc1c(C(=O)O)sc2c1C(N)CNC2. The summed E-state index contributed by atoms with van der Waals surface area (Å²) >= 11 is 1.36. The summed E-state index contributed by atoms with van der Waals surface area (Å²) in [6, 6.07) is -0.0620. The van der Waals surface area contributed by atoms with E-state index < -0.39 is 5.97 Å². The molecule has 5 heteroatoms. The zero-order valence-corrected chi connectivity index (χ0v) is 9.36. The number of nitrogens with two attached hydrogens (primary N) is 1. The summed E-state index contributed by atoms with van der Waals surface area (Å²) in [5.74, 6) is -0.835. The van der Waals surface area contributed by atoms with Crippen molar-refractivity contribution in [3.63, 3.8) is 0 Å². The quantitative estimate of drug-likeness (QED) is 0.706. The van der Waals surface area contributed by atoms with Crippen LogP contribution in [0.25, 0.3) is 0 Å². The van der Waals surface area contributed by atoms with Crippen LogP contribution in [-0.4, -0.2) is 17.6 Å². The van der Waals surface area contributed by atoms with Crippen molar-refractivity contribution in [1.82, 2.24) is 5.32 Å². The van der Waals surface area contributed by atoms with Gasteiger partial charge in [-0.3, -0.25) is 0 Å². The lowest BCUT2D eigenvalue weighted by Crippen LogP contribution is -2.32. The number of hydrogen-bond acceptors (Lipinski definition) is 4. The first-order chi connectivity index (χ1) is 7.15. The highest BCUT2D eigenvalue weighted by Crippen LogP contribution is 2.34. The monoisotopic (exact) mass is 226 g/mol. The van der Waals surface area contributed by atoms with Crippen molar-refractivity contribution >= 4 is 17.3 Å². The number of thiophene rings is 1. The van der Waals surface area contributed by atoms with Crippen molar-refractivity contribution in [1.29, 1.82) is 0 Å². The van der Waals surface area contributed by atoms with Gasteiger partial charge in [0.25, 0.3) is 0 Å². The Bertz CT molecular complexity index is 400. The minimum atomic E-state index is -0.835. The molecule has 4 nitrogen and oxygen atoms in total. The lowest BCUT2D eigenvalue weighted by atomic mass is 9.97. The largest absolute Gasteiger partial charge is 0.477 e. The molecule has 2 rings (SSSR count). The van der Waals surface area contributed by atoms with Crippen LogP contribution in [0.15, 0.2) is 0 Å². The second-order valence-corrected chi connectivity index (χ2v) is 4.75. The van der Waals surface area contributed by atoms with Crippen LogP contribution in [0.4, 0.5) is 0 Å².